The zero-order valence-electron chi connectivity index (χ0n) is 63.5. The average Bonchev–Trinajstić information content (AvgIpc) is 1.38. The summed E-state index contributed by atoms with van der Waals surface area (Å²) >= 11 is 1.81. The minimum Gasteiger partial charge on any atom is -0.379 e. The second kappa shape index (κ2) is 49.3. The number of ether oxygens (including phenoxy) is 1. The molecule has 2 atom stereocenters. The van der Waals surface area contributed by atoms with Crippen LogP contribution in [0.1, 0.15) is 68.2 Å². The molecule has 626 valence electrons. The third kappa shape index (κ3) is 44.0. The normalized spacial score (nSPS) is 20.3. The Balaban J connectivity index is 0.00000119. The average molecular weight is 1720 g/mol. The molecular weight excluding hydrogens is 1590 g/mol. The standard InChI is InChI=1S/C11H16N2O2S.C9H14N4O2S.C7H16N2O2S.C7H17NO2S.C7H8O2S.C6H14N2O2S.C5H11NO3S.C5H11NO2S2.C5H11NO2S.2CH4/c1-16(14,15)13-9-7-12(8-10-13)11-5-3-2-4-6-11;1-16(14,15)13-7-5-12(6-8-13)9-10-3-2-4-11-9;1-6-4-9(12(3,10)11)5-7(2)8-6;1-4-6-8(7-5-2)11(3,9)10;1-10(8,9)7-5-3-2-4-6-7;1-7-3-5-8(6-4-7)11(2,9)10;2*1-10(7,8)6-2-4-9-5-3-6;1-9(7,8)6-4-2-3-5-6;;/h2-6H,7-10H2,1H3;2-4H,5-8H2,1H3;6-8H,4-5H2,1-3H3;4-7H2,1-3H3;2-6H,1H3;3-6H2,1-2H3;2*2-5H2,1H3;2-5H2,1H3;2*1H4. The molecule has 7 saturated heterocycles. The Morgan fingerprint density at radius 3 is 1.06 bits per heavy atom. The lowest BCUT2D eigenvalue weighted by Crippen LogP contribution is -2.55. The maximum Gasteiger partial charge on any atom is 0.225 e. The fourth-order valence-electron chi connectivity index (χ4n) is 10.6. The van der Waals surface area contributed by atoms with E-state index in [-0.39, 0.29) is 26.9 Å². The number of anilines is 2. The molecule has 3 aromatic rings. The number of nitrogens with one attached hydrogen (secondary N) is 1. The van der Waals surface area contributed by atoms with Gasteiger partial charge in [-0.1, -0.05) is 65.1 Å². The lowest BCUT2D eigenvalue weighted by atomic mass is 10.2. The smallest absolute Gasteiger partial charge is 0.225 e. The van der Waals surface area contributed by atoms with E-state index in [4.69, 9.17) is 4.74 Å². The molecule has 8 heterocycles. The van der Waals surface area contributed by atoms with Gasteiger partial charge in [-0.05, 0) is 76.9 Å². The van der Waals surface area contributed by atoms with Crippen molar-refractivity contribution in [1.29, 1.82) is 0 Å². The second-order valence-electron chi connectivity index (χ2n) is 25.9. The molecule has 0 aliphatic carbocycles. The van der Waals surface area contributed by atoms with E-state index in [0.717, 1.165) is 82.1 Å². The van der Waals surface area contributed by atoms with Gasteiger partial charge in [-0.15, -0.1) is 0 Å². The molecule has 2 aromatic carbocycles. The summed E-state index contributed by atoms with van der Waals surface area (Å²) in [4.78, 5) is 15.0. The van der Waals surface area contributed by atoms with Gasteiger partial charge in [0.05, 0.1) is 68.2 Å². The Morgan fingerprint density at radius 2 is 0.748 bits per heavy atom. The van der Waals surface area contributed by atoms with Gasteiger partial charge >= 0.3 is 0 Å². The first-order valence-corrected chi connectivity index (χ1v) is 52.1. The highest BCUT2D eigenvalue weighted by molar-refractivity contribution is 7.99. The van der Waals surface area contributed by atoms with Crippen LogP contribution in [0.3, 0.4) is 0 Å². The van der Waals surface area contributed by atoms with E-state index in [1.54, 1.807) is 48.8 Å². The van der Waals surface area contributed by atoms with E-state index in [1.165, 1.54) is 90.7 Å². The van der Waals surface area contributed by atoms with Crippen LogP contribution >= 0.6 is 11.8 Å². The maximum atomic E-state index is 11.3. The molecule has 7 fully saturated rings. The van der Waals surface area contributed by atoms with Crippen molar-refractivity contribution >= 4 is 113 Å². The van der Waals surface area contributed by atoms with Gasteiger partial charge in [0.2, 0.25) is 86.1 Å². The third-order valence-corrected chi connectivity index (χ3v) is 28.7. The summed E-state index contributed by atoms with van der Waals surface area (Å²) in [5, 5.41) is 3.28. The molecule has 0 amide bonds. The molecule has 2 unspecified atom stereocenters. The molecule has 0 saturated carbocycles. The van der Waals surface area contributed by atoms with Crippen LogP contribution in [0.5, 0.6) is 0 Å². The highest BCUT2D eigenvalue weighted by Gasteiger charge is 2.29. The Bertz CT molecular complexity index is 3890. The highest BCUT2D eigenvalue weighted by atomic mass is 32.2. The SMILES string of the molecule is C.C.CC1CN(S(C)(=O)=O)CC(C)N1.CCCN(CCC)S(C)(=O)=O.CN1CCN(S(C)(=O)=O)CC1.CS(=O)(=O)N1CCCC1.CS(=O)(=O)N1CCN(c2ccccc2)CC1.CS(=O)(=O)N1CCN(c2ncccn2)CC1.CS(=O)(=O)N1CCOCC1.CS(=O)(=O)N1CCSCC1.CS(=O)(=O)c1ccccc1. The molecule has 33 nitrogen and oxygen atoms in total. The van der Waals surface area contributed by atoms with Gasteiger partial charge in [-0.25, -0.2) is 98.6 Å². The van der Waals surface area contributed by atoms with Gasteiger partial charge in [-0.3, -0.25) is 0 Å². The Morgan fingerprint density at radius 1 is 0.421 bits per heavy atom. The van der Waals surface area contributed by atoms with Crippen molar-refractivity contribution in [2.24, 2.45) is 0 Å². The first-order valence-electron chi connectivity index (χ1n) is 34.3. The number of benzene rings is 2. The Kier molecular flexibility index (Phi) is 47.7. The second-order valence-corrected chi connectivity index (χ2v) is 45.0. The molecule has 0 radical (unpaired) electrons. The van der Waals surface area contributed by atoms with E-state index in [9.17, 15) is 75.8 Å². The largest absolute Gasteiger partial charge is 0.379 e. The molecule has 10 rings (SSSR count). The van der Waals surface area contributed by atoms with Crippen LogP contribution in [0.15, 0.2) is 84.0 Å². The summed E-state index contributed by atoms with van der Waals surface area (Å²) in [6, 6.07) is 20.7. The van der Waals surface area contributed by atoms with E-state index in [0.29, 0.717) is 129 Å². The number of hydrogen-bond donors (Lipinski definition) is 1. The van der Waals surface area contributed by atoms with E-state index in [1.807, 2.05) is 69.6 Å². The number of nitrogens with zero attached hydrogens (tertiary/aromatic N) is 13. The molecule has 7 aliphatic rings. The molecule has 1 aromatic heterocycles. The summed E-state index contributed by atoms with van der Waals surface area (Å²) < 4.78 is 215. The van der Waals surface area contributed by atoms with Gasteiger partial charge in [0.25, 0.3) is 0 Å². The van der Waals surface area contributed by atoms with Crippen LogP contribution in [-0.2, 0) is 94.8 Å². The number of thioether (sulfide) groups is 1. The fourth-order valence-corrected chi connectivity index (χ4v) is 19.5. The van der Waals surface area contributed by atoms with Crippen molar-refractivity contribution < 1.29 is 80.5 Å². The zero-order chi connectivity index (χ0) is 79.7. The number of likely N-dealkylation sites (N-methyl/N-ethyl adjacent to an activating group) is 1. The monoisotopic (exact) mass is 1710 g/mol. The number of morpholine rings is 1. The number of sulfone groups is 1. The quantitative estimate of drug-likeness (QED) is 0.227. The first-order chi connectivity index (χ1) is 48.5. The predicted octanol–water partition coefficient (Wildman–Crippen LogP) is 1.89. The first kappa shape index (κ1) is 104. The van der Waals surface area contributed by atoms with Crippen LogP contribution < -0.4 is 15.1 Å². The topological polar surface area (TPSA) is 390 Å². The minimum absolute atomic E-state index is 0. The van der Waals surface area contributed by atoms with Crippen LogP contribution in [0, 0.1) is 0 Å². The van der Waals surface area contributed by atoms with Crippen molar-refractivity contribution in [3.8, 4) is 0 Å². The predicted molar refractivity (Wildman–Crippen MR) is 435 cm³/mol. The lowest BCUT2D eigenvalue weighted by molar-refractivity contribution is 0.0733. The molecule has 1 N–H and O–H groups in total. The van der Waals surface area contributed by atoms with Crippen molar-refractivity contribution in [2.75, 3.05) is 242 Å². The van der Waals surface area contributed by atoms with Gasteiger partial charge in [0.1, 0.15) is 0 Å². The number of sulfonamides is 8. The molecule has 43 heteroatoms. The molecular formula is C64H126N14O19S10. The molecule has 0 bridgehead atoms. The summed E-state index contributed by atoms with van der Waals surface area (Å²) in [7, 11) is -24.7. The molecule has 7 aliphatic heterocycles. The molecule has 0 spiro atoms. The lowest BCUT2D eigenvalue weighted by Gasteiger charge is -2.34. The third-order valence-electron chi connectivity index (χ3n) is 16.3. The van der Waals surface area contributed by atoms with Crippen molar-refractivity contribution in [1.82, 2.24) is 54.6 Å². The van der Waals surface area contributed by atoms with Gasteiger partial charge in [0.15, 0.2) is 9.84 Å². The zero-order valence-corrected chi connectivity index (χ0v) is 71.7. The van der Waals surface area contributed by atoms with Crippen molar-refractivity contribution in [2.45, 2.75) is 85.2 Å². The van der Waals surface area contributed by atoms with Gasteiger partial charge in [-0.2, -0.15) is 33.3 Å². The van der Waals surface area contributed by atoms with Crippen molar-refractivity contribution in [3.63, 3.8) is 0 Å². The number of para-hydroxylation sites is 1. The van der Waals surface area contributed by atoms with E-state index in [2.05, 4.69) is 37.2 Å². The van der Waals surface area contributed by atoms with Crippen molar-refractivity contribution in [3.05, 3.63) is 79.1 Å². The summed E-state index contributed by atoms with van der Waals surface area (Å²) in [5.41, 5.74) is 1.16. The van der Waals surface area contributed by atoms with Crippen LogP contribution in [0.25, 0.3) is 0 Å². The highest BCUT2D eigenvalue weighted by Crippen LogP contribution is 2.18. The van der Waals surface area contributed by atoms with E-state index < -0.39 is 90.0 Å². The maximum absolute atomic E-state index is 11.3. The fraction of sp³-hybridized carbons (Fsp3) is 0.750. The van der Waals surface area contributed by atoms with Gasteiger partial charge in [0, 0.05) is 192 Å². The van der Waals surface area contributed by atoms with Crippen LogP contribution in [0.2, 0.25) is 0 Å². The summed E-state index contributed by atoms with van der Waals surface area (Å²) in [6.07, 6.45) is 18.4. The Hall–Kier alpha value is -3.42. The number of hydrogen-bond acceptors (Lipinski definition) is 26. The van der Waals surface area contributed by atoms with E-state index >= 15 is 0 Å². The Labute approximate surface area is 649 Å². The van der Waals surface area contributed by atoms with Gasteiger partial charge < -0.3 is 24.8 Å². The number of aromatic nitrogens is 2. The van der Waals surface area contributed by atoms with Crippen LogP contribution in [0.4, 0.5) is 11.6 Å². The van der Waals surface area contributed by atoms with Crippen LogP contribution in [-0.4, -0.2) is 369 Å². The summed E-state index contributed by atoms with van der Waals surface area (Å²) in [6.45, 7) is 23.2. The summed E-state index contributed by atoms with van der Waals surface area (Å²) in [5.74, 6) is 2.54. The minimum atomic E-state index is -3.07. The molecule has 107 heavy (non-hydrogen) atoms. The number of piperazine rings is 4. The number of rotatable bonds is 15.